The molecular formula is C21H26NO2S+. The molecule has 2 aromatic rings. The Morgan fingerprint density at radius 2 is 2.08 bits per heavy atom. The van der Waals surface area contributed by atoms with Crippen LogP contribution in [0.15, 0.2) is 35.8 Å². The molecular weight excluding hydrogens is 330 g/mol. The van der Waals surface area contributed by atoms with E-state index in [2.05, 4.69) is 41.3 Å². The average molecular weight is 357 g/mol. The molecule has 0 radical (unpaired) electrons. The summed E-state index contributed by atoms with van der Waals surface area (Å²) in [5.41, 5.74) is 4.77. The highest BCUT2D eigenvalue weighted by Crippen LogP contribution is 2.48. The minimum absolute atomic E-state index is 0.0542. The molecule has 0 spiro atoms. The van der Waals surface area contributed by atoms with Crippen LogP contribution in [0.25, 0.3) is 0 Å². The lowest BCUT2D eigenvalue weighted by molar-refractivity contribution is -0.689. The Morgan fingerprint density at radius 3 is 2.80 bits per heavy atom. The first-order valence-corrected chi connectivity index (χ1v) is 10.3. The third-order valence-electron chi connectivity index (χ3n) is 5.97. The molecule has 2 fully saturated rings. The topological polar surface area (TPSA) is 30.2 Å². The van der Waals surface area contributed by atoms with Gasteiger partial charge in [0.05, 0.1) is 17.4 Å². The molecule has 3 unspecified atom stereocenters. The van der Waals surface area contributed by atoms with Gasteiger partial charge in [0.1, 0.15) is 0 Å². The molecule has 2 aliphatic carbocycles. The van der Waals surface area contributed by atoms with Gasteiger partial charge in [0.2, 0.25) is 5.51 Å². The summed E-state index contributed by atoms with van der Waals surface area (Å²) in [5.74, 6) is 1.64. The molecule has 0 saturated heterocycles. The first kappa shape index (κ1) is 16.8. The standard InChI is InChI=1S/C21H26NO2S/c1-15-20(25-14-22(15)13-16-5-3-2-4-6-16)9-10-24-21(23)19-12-17-7-8-18(19)11-17/h2-6,14,17-19H,7-13H2,1H3/q+1. The average Bonchev–Trinajstić information content (AvgIpc) is 3.34. The number of esters is 1. The summed E-state index contributed by atoms with van der Waals surface area (Å²) in [4.78, 5) is 13.6. The van der Waals surface area contributed by atoms with Gasteiger partial charge >= 0.3 is 5.97 Å². The van der Waals surface area contributed by atoms with Crippen molar-refractivity contribution in [3.8, 4) is 0 Å². The number of hydrogen-bond acceptors (Lipinski definition) is 3. The molecule has 1 aromatic carbocycles. The van der Waals surface area contributed by atoms with Crippen LogP contribution in [-0.4, -0.2) is 12.6 Å². The molecule has 2 bridgehead atoms. The molecule has 0 aliphatic heterocycles. The molecule has 3 atom stereocenters. The third kappa shape index (κ3) is 3.64. The number of carbonyl (C=O) groups excluding carboxylic acids is 1. The largest absolute Gasteiger partial charge is 0.465 e. The lowest BCUT2D eigenvalue weighted by Gasteiger charge is -2.19. The van der Waals surface area contributed by atoms with Crippen LogP contribution in [0, 0.1) is 24.7 Å². The number of thiazole rings is 1. The van der Waals surface area contributed by atoms with E-state index in [1.807, 2.05) is 6.07 Å². The number of nitrogens with zero attached hydrogens (tertiary/aromatic N) is 1. The molecule has 0 N–H and O–H groups in total. The number of rotatable bonds is 6. The van der Waals surface area contributed by atoms with Crippen molar-refractivity contribution in [1.29, 1.82) is 0 Å². The van der Waals surface area contributed by atoms with Gasteiger partial charge in [0, 0.05) is 18.9 Å². The van der Waals surface area contributed by atoms with Crippen LogP contribution < -0.4 is 4.57 Å². The Morgan fingerprint density at radius 1 is 1.24 bits per heavy atom. The maximum absolute atomic E-state index is 12.3. The summed E-state index contributed by atoms with van der Waals surface area (Å²) in [7, 11) is 0. The molecule has 4 heteroatoms. The van der Waals surface area contributed by atoms with Gasteiger partial charge in [0.15, 0.2) is 12.2 Å². The molecule has 2 saturated carbocycles. The van der Waals surface area contributed by atoms with Crippen LogP contribution in [0.2, 0.25) is 0 Å². The maximum atomic E-state index is 12.3. The van der Waals surface area contributed by atoms with E-state index in [0.717, 1.165) is 25.3 Å². The highest BCUT2D eigenvalue weighted by molar-refractivity contribution is 7.09. The van der Waals surface area contributed by atoms with Crippen LogP contribution in [0.5, 0.6) is 0 Å². The lowest BCUT2D eigenvalue weighted by atomic mass is 9.89. The van der Waals surface area contributed by atoms with Crippen molar-refractivity contribution >= 4 is 17.3 Å². The molecule has 25 heavy (non-hydrogen) atoms. The second kappa shape index (κ2) is 7.28. The minimum Gasteiger partial charge on any atom is -0.465 e. The van der Waals surface area contributed by atoms with Crippen molar-refractivity contribution < 1.29 is 14.1 Å². The molecule has 0 amide bonds. The van der Waals surface area contributed by atoms with Gasteiger partial charge in [-0.2, -0.15) is 4.57 Å². The third-order valence-corrected chi connectivity index (χ3v) is 7.11. The van der Waals surface area contributed by atoms with Gasteiger partial charge in [-0.3, -0.25) is 4.79 Å². The van der Waals surface area contributed by atoms with Crippen LogP contribution in [0.3, 0.4) is 0 Å². The van der Waals surface area contributed by atoms with Crippen molar-refractivity contribution in [3.05, 3.63) is 52.0 Å². The quantitative estimate of drug-likeness (QED) is 0.580. The first-order valence-electron chi connectivity index (χ1n) is 9.37. The van der Waals surface area contributed by atoms with Gasteiger partial charge in [0.25, 0.3) is 0 Å². The van der Waals surface area contributed by atoms with E-state index in [1.54, 1.807) is 11.3 Å². The molecule has 2 aliphatic rings. The Balaban J connectivity index is 1.29. The molecule has 132 valence electrons. The Labute approximate surface area is 153 Å². The van der Waals surface area contributed by atoms with Gasteiger partial charge in [-0.05, 0) is 31.1 Å². The number of fused-ring (bicyclic) bond motifs is 2. The fourth-order valence-electron chi connectivity index (χ4n) is 4.51. The molecule has 1 heterocycles. The number of benzene rings is 1. The van der Waals surface area contributed by atoms with Crippen LogP contribution in [0.4, 0.5) is 0 Å². The minimum atomic E-state index is 0.0542. The van der Waals surface area contributed by atoms with E-state index in [9.17, 15) is 4.79 Å². The van der Waals surface area contributed by atoms with E-state index in [1.165, 1.54) is 35.4 Å². The number of carbonyl (C=O) groups is 1. The predicted molar refractivity (Wildman–Crippen MR) is 98.4 cm³/mol. The Hall–Kier alpha value is -1.68. The second-order valence-corrected chi connectivity index (χ2v) is 8.48. The zero-order valence-electron chi connectivity index (χ0n) is 14.8. The van der Waals surface area contributed by atoms with Gasteiger partial charge < -0.3 is 4.74 Å². The summed E-state index contributed by atoms with van der Waals surface area (Å²) in [6.45, 7) is 3.57. The van der Waals surface area contributed by atoms with E-state index in [0.29, 0.717) is 12.5 Å². The van der Waals surface area contributed by atoms with Crippen LogP contribution in [0.1, 0.15) is 41.8 Å². The Bertz CT molecular complexity index is 740. The Kier molecular flexibility index (Phi) is 4.89. The van der Waals surface area contributed by atoms with E-state index < -0.39 is 0 Å². The van der Waals surface area contributed by atoms with Crippen molar-refractivity contribution in [2.24, 2.45) is 17.8 Å². The molecule has 1 aromatic heterocycles. The van der Waals surface area contributed by atoms with Gasteiger partial charge in [-0.15, -0.1) is 0 Å². The highest BCUT2D eigenvalue weighted by atomic mass is 32.1. The zero-order chi connectivity index (χ0) is 17.2. The smallest absolute Gasteiger partial charge is 0.309 e. The van der Waals surface area contributed by atoms with Crippen molar-refractivity contribution in [1.82, 2.24) is 0 Å². The fraction of sp³-hybridized carbons (Fsp3) is 0.524. The number of aromatic nitrogens is 1. The van der Waals surface area contributed by atoms with Crippen LogP contribution in [-0.2, 0) is 22.5 Å². The molecule has 4 rings (SSSR count). The first-order chi connectivity index (χ1) is 12.2. The van der Waals surface area contributed by atoms with Gasteiger partial charge in [-0.1, -0.05) is 48.1 Å². The summed E-state index contributed by atoms with van der Waals surface area (Å²) in [5, 5.41) is 0. The monoisotopic (exact) mass is 356 g/mol. The summed E-state index contributed by atoms with van der Waals surface area (Å²) < 4.78 is 7.91. The SMILES string of the molecule is Cc1c(CCOC(=O)C2CC3CCC2C3)sc[n+]1Cc1ccccc1. The molecule has 3 nitrogen and oxygen atoms in total. The zero-order valence-corrected chi connectivity index (χ0v) is 15.6. The van der Waals surface area contributed by atoms with Crippen LogP contribution >= 0.6 is 11.3 Å². The van der Waals surface area contributed by atoms with E-state index in [-0.39, 0.29) is 11.9 Å². The second-order valence-electron chi connectivity index (χ2n) is 7.54. The van der Waals surface area contributed by atoms with E-state index >= 15 is 0 Å². The number of hydrogen-bond donors (Lipinski definition) is 0. The summed E-state index contributed by atoms with van der Waals surface area (Å²) >= 11 is 1.76. The fourth-order valence-corrected chi connectivity index (χ4v) is 5.49. The van der Waals surface area contributed by atoms with Crippen molar-refractivity contribution in [3.63, 3.8) is 0 Å². The maximum Gasteiger partial charge on any atom is 0.309 e. The highest BCUT2D eigenvalue weighted by Gasteiger charge is 2.43. The van der Waals surface area contributed by atoms with E-state index in [4.69, 9.17) is 4.74 Å². The summed E-state index contributed by atoms with van der Waals surface area (Å²) in [6.07, 6.45) is 5.70. The number of ether oxygens (including phenoxy) is 1. The van der Waals surface area contributed by atoms with Crippen molar-refractivity contribution in [2.75, 3.05) is 6.61 Å². The normalized spacial score (nSPS) is 24.6. The van der Waals surface area contributed by atoms with Crippen molar-refractivity contribution in [2.45, 2.75) is 45.6 Å². The lowest BCUT2D eigenvalue weighted by Crippen LogP contribution is -2.35. The predicted octanol–water partition coefficient (Wildman–Crippen LogP) is 3.91. The van der Waals surface area contributed by atoms with Gasteiger partial charge in [-0.25, -0.2) is 0 Å². The summed E-state index contributed by atoms with van der Waals surface area (Å²) in [6, 6.07) is 10.5.